The third-order valence-electron chi connectivity index (χ3n) is 3.46. The summed E-state index contributed by atoms with van der Waals surface area (Å²) in [5.74, 6) is -0.471. The van der Waals surface area contributed by atoms with Gasteiger partial charge in [0.05, 0.1) is 23.2 Å². The van der Waals surface area contributed by atoms with Crippen molar-refractivity contribution in [3.8, 4) is 0 Å². The summed E-state index contributed by atoms with van der Waals surface area (Å²) in [5, 5.41) is 10.5. The molecule has 0 radical (unpaired) electrons. The van der Waals surface area contributed by atoms with Crippen LogP contribution in [0.4, 0.5) is 10.1 Å². The minimum absolute atomic E-state index is 0.0182. The van der Waals surface area contributed by atoms with Crippen LogP contribution < -0.4 is 5.32 Å². The Labute approximate surface area is 141 Å². The second kappa shape index (κ2) is 6.89. The van der Waals surface area contributed by atoms with Gasteiger partial charge in [-0.05, 0) is 30.7 Å². The topological polar surface area (TPSA) is 102 Å². The maximum atomic E-state index is 12.8. The summed E-state index contributed by atoms with van der Waals surface area (Å²) in [6.07, 6.45) is 0.472. The van der Waals surface area contributed by atoms with Gasteiger partial charge in [0, 0.05) is 5.69 Å². The molecule has 1 atom stereocenters. The van der Waals surface area contributed by atoms with Gasteiger partial charge in [0.2, 0.25) is 11.8 Å². The fourth-order valence-corrected chi connectivity index (χ4v) is 4.59. The molecule has 7 nitrogen and oxygen atoms in total. The number of halogens is 1. The van der Waals surface area contributed by atoms with E-state index in [2.05, 4.69) is 15.5 Å². The number of carbonyl (C=O) groups excluding carboxylic acids is 1. The van der Waals surface area contributed by atoms with Gasteiger partial charge in [-0.1, -0.05) is 11.8 Å². The molecule has 1 aromatic heterocycles. The van der Waals surface area contributed by atoms with Gasteiger partial charge in [0.25, 0.3) is 5.22 Å². The van der Waals surface area contributed by atoms with Crippen molar-refractivity contribution in [3.63, 3.8) is 0 Å². The zero-order valence-corrected chi connectivity index (χ0v) is 14.1. The molecule has 1 aliphatic rings. The summed E-state index contributed by atoms with van der Waals surface area (Å²) in [5.41, 5.74) is 0.490. The van der Waals surface area contributed by atoms with E-state index in [0.717, 1.165) is 11.8 Å². The molecule has 0 spiro atoms. The fraction of sp³-hybridized carbons (Fsp3) is 0.357. The third kappa shape index (κ3) is 4.32. The van der Waals surface area contributed by atoms with Gasteiger partial charge in [-0.3, -0.25) is 4.79 Å². The highest BCUT2D eigenvalue weighted by atomic mass is 32.2. The van der Waals surface area contributed by atoms with Gasteiger partial charge in [-0.15, -0.1) is 10.2 Å². The van der Waals surface area contributed by atoms with Gasteiger partial charge in [0.15, 0.2) is 9.84 Å². The van der Waals surface area contributed by atoms with E-state index in [9.17, 15) is 17.6 Å². The Kier molecular flexibility index (Phi) is 4.86. The number of nitrogens with one attached hydrogen (secondary N) is 1. The van der Waals surface area contributed by atoms with Crippen LogP contribution in [0.5, 0.6) is 0 Å². The number of thioether (sulfide) groups is 1. The van der Waals surface area contributed by atoms with Crippen LogP contribution in [0.3, 0.4) is 0 Å². The van der Waals surface area contributed by atoms with Crippen molar-refractivity contribution in [2.75, 3.05) is 22.6 Å². The summed E-state index contributed by atoms with van der Waals surface area (Å²) in [4.78, 5) is 11.8. The number of benzene rings is 1. The highest BCUT2D eigenvalue weighted by Gasteiger charge is 2.32. The molecule has 24 heavy (non-hydrogen) atoms. The van der Waals surface area contributed by atoms with Crippen LogP contribution in [-0.2, 0) is 14.6 Å². The second-order valence-corrected chi connectivity index (χ2v) is 8.51. The zero-order valence-electron chi connectivity index (χ0n) is 12.4. The Morgan fingerprint density at radius 1 is 1.33 bits per heavy atom. The Bertz CT molecular complexity index is 836. The van der Waals surface area contributed by atoms with Crippen LogP contribution >= 0.6 is 11.8 Å². The summed E-state index contributed by atoms with van der Waals surface area (Å²) >= 11 is 1.05. The monoisotopic (exact) mass is 371 g/mol. The summed E-state index contributed by atoms with van der Waals surface area (Å²) in [7, 11) is -3.02. The standard InChI is InChI=1S/C14H14FN3O4S2/c15-10-1-3-11(4-2-10)16-12(19)7-23-14-18-17-13(22-14)9-5-6-24(20,21)8-9/h1-4,9H,5-8H2,(H,16,19)/t9-/m1/s1. The number of carbonyl (C=O) groups is 1. The van der Waals surface area contributed by atoms with Crippen LogP contribution in [0.2, 0.25) is 0 Å². The van der Waals surface area contributed by atoms with E-state index in [0.29, 0.717) is 12.1 Å². The highest BCUT2D eigenvalue weighted by molar-refractivity contribution is 7.99. The average molecular weight is 371 g/mol. The predicted octanol–water partition coefficient (Wildman–Crippen LogP) is 1.84. The third-order valence-corrected chi connectivity index (χ3v) is 6.04. The lowest BCUT2D eigenvalue weighted by atomic mass is 10.1. The molecule has 2 aromatic rings. The molecule has 3 rings (SSSR count). The first kappa shape index (κ1) is 16.9. The number of hydrogen-bond acceptors (Lipinski definition) is 7. The molecule has 0 unspecified atom stereocenters. The average Bonchev–Trinajstić information content (AvgIpc) is 3.14. The zero-order chi connectivity index (χ0) is 17.2. The Balaban J connectivity index is 1.52. The minimum Gasteiger partial charge on any atom is -0.416 e. The Hall–Kier alpha value is -1.94. The molecule has 0 aliphatic carbocycles. The molecular weight excluding hydrogens is 357 g/mol. The largest absolute Gasteiger partial charge is 0.416 e. The normalized spacial score (nSPS) is 19.3. The van der Waals surface area contributed by atoms with Crippen molar-refractivity contribution in [2.45, 2.75) is 17.6 Å². The predicted molar refractivity (Wildman–Crippen MR) is 86.1 cm³/mol. The van der Waals surface area contributed by atoms with E-state index < -0.39 is 9.84 Å². The first-order chi connectivity index (χ1) is 11.4. The highest BCUT2D eigenvalue weighted by Crippen LogP contribution is 2.29. The molecule has 1 aliphatic heterocycles. The lowest BCUT2D eigenvalue weighted by molar-refractivity contribution is -0.113. The van der Waals surface area contributed by atoms with Gasteiger partial charge in [-0.2, -0.15) is 0 Å². The van der Waals surface area contributed by atoms with E-state index in [-0.39, 0.29) is 46.0 Å². The summed E-state index contributed by atoms with van der Waals surface area (Å²) in [6, 6.07) is 5.43. The Morgan fingerprint density at radius 3 is 2.75 bits per heavy atom. The van der Waals surface area contributed by atoms with Crippen molar-refractivity contribution in [1.29, 1.82) is 0 Å². The molecule has 1 amide bonds. The quantitative estimate of drug-likeness (QED) is 0.800. The molecule has 10 heteroatoms. The maximum Gasteiger partial charge on any atom is 0.277 e. The number of hydrogen-bond donors (Lipinski definition) is 1. The molecular formula is C14H14FN3O4S2. The minimum atomic E-state index is -3.02. The molecule has 0 saturated carbocycles. The summed E-state index contributed by atoms with van der Waals surface area (Å²) < 4.78 is 41.1. The van der Waals surface area contributed by atoms with E-state index in [4.69, 9.17) is 4.42 Å². The smallest absolute Gasteiger partial charge is 0.277 e. The lowest BCUT2D eigenvalue weighted by Gasteiger charge is -2.03. The molecule has 2 heterocycles. The number of amides is 1. The van der Waals surface area contributed by atoms with Gasteiger partial charge < -0.3 is 9.73 Å². The number of anilines is 1. The van der Waals surface area contributed by atoms with E-state index in [1.807, 2.05) is 0 Å². The van der Waals surface area contributed by atoms with E-state index >= 15 is 0 Å². The maximum absolute atomic E-state index is 12.8. The van der Waals surface area contributed by atoms with Crippen LogP contribution in [0.1, 0.15) is 18.2 Å². The first-order valence-corrected chi connectivity index (χ1v) is 9.94. The van der Waals surface area contributed by atoms with Crippen LogP contribution in [0, 0.1) is 5.82 Å². The molecule has 1 aromatic carbocycles. The van der Waals surface area contributed by atoms with Gasteiger partial charge >= 0.3 is 0 Å². The van der Waals surface area contributed by atoms with E-state index in [1.54, 1.807) is 0 Å². The fourth-order valence-electron chi connectivity index (χ4n) is 2.29. The van der Waals surface area contributed by atoms with Crippen molar-refractivity contribution < 1.29 is 22.0 Å². The Morgan fingerprint density at radius 2 is 2.08 bits per heavy atom. The molecule has 128 valence electrons. The SMILES string of the molecule is O=C(CSc1nnc([C@@H]2CCS(=O)(=O)C2)o1)Nc1ccc(F)cc1. The number of nitrogens with zero attached hydrogens (tertiary/aromatic N) is 2. The van der Waals surface area contributed by atoms with Crippen LogP contribution in [0.25, 0.3) is 0 Å². The molecule has 1 saturated heterocycles. The van der Waals surface area contributed by atoms with Crippen molar-refractivity contribution in [2.24, 2.45) is 0 Å². The number of aromatic nitrogens is 2. The van der Waals surface area contributed by atoms with E-state index in [1.165, 1.54) is 24.3 Å². The first-order valence-electron chi connectivity index (χ1n) is 7.13. The van der Waals surface area contributed by atoms with Crippen LogP contribution in [-0.4, -0.2) is 41.8 Å². The van der Waals surface area contributed by atoms with Gasteiger partial charge in [0.1, 0.15) is 5.82 Å². The summed E-state index contributed by atoms with van der Waals surface area (Å²) in [6.45, 7) is 0. The van der Waals surface area contributed by atoms with Crippen molar-refractivity contribution in [3.05, 3.63) is 36.0 Å². The molecule has 0 bridgehead atoms. The second-order valence-electron chi connectivity index (χ2n) is 5.35. The molecule has 1 N–H and O–H groups in total. The lowest BCUT2D eigenvalue weighted by Crippen LogP contribution is -2.13. The molecule has 1 fully saturated rings. The van der Waals surface area contributed by atoms with Crippen LogP contribution in [0.15, 0.2) is 33.9 Å². The van der Waals surface area contributed by atoms with Crippen molar-refractivity contribution in [1.82, 2.24) is 10.2 Å². The number of sulfone groups is 1. The number of rotatable bonds is 5. The van der Waals surface area contributed by atoms with Crippen molar-refractivity contribution >= 4 is 33.2 Å². The van der Waals surface area contributed by atoms with Gasteiger partial charge in [-0.25, -0.2) is 12.8 Å².